The number of urea groups is 1. The molecular weight excluding hydrogens is 246 g/mol. The van der Waals surface area contributed by atoms with Crippen LogP contribution in [0.15, 0.2) is 0 Å². The van der Waals surface area contributed by atoms with Crippen LogP contribution in [0.4, 0.5) is 10.5 Å². The second-order valence-corrected chi connectivity index (χ2v) is 4.38. The Morgan fingerprint density at radius 2 is 2.00 bits per heavy atom. The number of hydrogen-bond acceptors (Lipinski definition) is 4. The summed E-state index contributed by atoms with van der Waals surface area (Å²) in [6.07, 6.45) is 0. The predicted molar refractivity (Wildman–Crippen MR) is 73.0 cm³/mol. The fourth-order valence-corrected chi connectivity index (χ4v) is 1.69. The van der Waals surface area contributed by atoms with Gasteiger partial charge in [0.25, 0.3) is 0 Å². The Kier molecular flexibility index (Phi) is 4.91. The lowest BCUT2D eigenvalue weighted by molar-refractivity contribution is -0.120. The Morgan fingerprint density at radius 3 is 2.47 bits per heavy atom. The number of imide groups is 1. The predicted octanol–water partition coefficient (Wildman–Crippen LogP) is 0.683. The molecule has 1 atom stereocenters. The van der Waals surface area contributed by atoms with E-state index in [-0.39, 0.29) is 5.91 Å². The van der Waals surface area contributed by atoms with Crippen LogP contribution in [-0.2, 0) is 11.8 Å². The van der Waals surface area contributed by atoms with E-state index >= 15 is 0 Å². The van der Waals surface area contributed by atoms with Gasteiger partial charge in [0.1, 0.15) is 6.04 Å². The summed E-state index contributed by atoms with van der Waals surface area (Å²) in [6, 6.07) is -1.01. The van der Waals surface area contributed by atoms with E-state index in [1.807, 2.05) is 20.9 Å². The summed E-state index contributed by atoms with van der Waals surface area (Å²) in [7, 11) is 1.84. The first kappa shape index (κ1) is 15.0. The van der Waals surface area contributed by atoms with Crippen molar-refractivity contribution in [2.24, 2.45) is 7.05 Å². The van der Waals surface area contributed by atoms with Crippen LogP contribution in [0.2, 0.25) is 0 Å². The van der Waals surface area contributed by atoms with Crippen molar-refractivity contribution in [2.75, 3.05) is 11.9 Å². The van der Waals surface area contributed by atoms with Crippen LogP contribution in [0.1, 0.15) is 25.2 Å². The van der Waals surface area contributed by atoms with E-state index in [4.69, 9.17) is 0 Å². The third-order valence-electron chi connectivity index (χ3n) is 2.84. The molecule has 7 nitrogen and oxygen atoms in total. The normalized spacial score (nSPS) is 11.8. The summed E-state index contributed by atoms with van der Waals surface area (Å²) in [4.78, 5) is 23.1. The highest BCUT2D eigenvalue weighted by Crippen LogP contribution is 2.19. The highest BCUT2D eigenvalue weighted by molar-refractivity contribution is 5.98. The van der Waals surface area contributed by atoms with Crippen LogP contribution < -0.4 is 16.0 Å². The SMILES string of the molecule is CCNC(=O)NC(=O)[C@@H](C)Nc1c(C)nn(C)c1C. The number of amides is 3. The summed E-state index contributed by atoms with van der Waals surface area (Å²) in [5.74, 6) is -0.381. The quantitative estimate of drug-likeness (QED) is 0.748. The Labute approximate surface area is 112 Å². The van der Waals surface area contributed by atoms with Crippen LogP contribution in [-0.4, -0.2) is 34.3 Å². The number of hydrogen-bond donors (Lipinski definition) is 3. The topological polar surface area (TPSA) is 88.1 Å². The van der Waals surface area contributed by atoms with E-state index in [2.05, 4.69) is 21.0 Å². The highest BCUT2D eigenvalue weighted by atomic mass is 16.2. The maximum atomic E-state index is 11.8. The van der Waals surface area contributed by atoms with E-state index in [1.165, 1.54) is 0 Å². The average Bonchev–Trinajstić information content (AvgIpc) is 2.56. The molecule has 0 aliphatic carbocycles. The standard InChI is InChI=1S/C12H21N5O2/c1-6-13-12(19)15-11(18)8(3)14-10-7(2)16-17(5)9(10)4/h8,14H,6H2,1-5H3,(H2,13,15,18,19)/t8-/m1/s1. The van der Waals surface area contributed by atoms with Gasteiger partial charge in [0.05, 0.1) is 17.1 Å². The molecule has 0 aromatic carbocycles. The van der Waals surface area contributed by atoms with E-state index in [9.17, 15) is 9.59 Å². The van der Waals surface area contributed by atoms with Gasteiger partial charge in [-0.1, -0.05) is 0 Å². The first-order chi connectivity index (χ1) is 8.86. The molecule has 0 unspecified atom stereocenters. The molecule has 0 radical (unpaired) electrons. The zero-order valence-corrected chi connectivity index (χ0v) is 12.0. The van der Waals surface area contributed by atoms with Gasteiger partial charge in [-0.15, -0.1) is 0 Å². The number of nitrogens with zero attached hydrogens (tertiary/aromatic N) is 2. The van der Waals surface area contributed by atoms with Gasteiger partial charge in [0.15, 0.2) is 0 Å². The fraction of sp³-hybridized carbons (Fsp3) is 0.583. The van der Waals surface area contributed by atoms with Crippen molar-refractivity contribution in [1.82, 2.24) is 20.4 Å². The Balaban J connectivity index is 2.66. The van der Waals surface area contributed by atoms with Crippen LogP contribution >= 0.6 is 0 Å². The molecular formula is C12H21N5O2. The molecule has 0 fully saturated rings. The number of carbonyl (C=O) groups is 2. The van der Waals surface area contributed by atoms with Crippen molar-refractivity contribution < 1.29 is 9.59 Å². The minimum atomic E-state index is -0.524. The molecule has 0 spiro atoms. The Hall–Kier alpha value is -2.05. The molecule has 0 bridgehead atoms. The molecule has 1 aromatic rings. The number of anilines is 1. The van der Waals surface area contributed by atoms with Gasteiger partial charge in [-0.05, 0) is 27.7 Å². The summed E-state index contributed by atoms with van der Waals surface area (Å²) in [5.41, 5.74) is 2.58. The largest absolute Gasteiger partial charge is 0.371 e. The third-order valence-corrected chi connectivity index (χ3v) is 2.84. The summed E-state index contributed by atoms with van der Waals surface area (Å²) in [6.45, 7) is 7.73. The lowest BCUT2D eigenvalue weighted by Gasteiger charge is -2.15. The summed E-state index contributed by atoms with van der Waals surface area (Å²) >= 11 is 0. The summed E-state index contributed by atoms with van der Waals surface area (Å²) in [5, 5.41) is 12.1. The molecule has 3 N–H and O–H groups in total. The molecule has 0 saturated carbocycles. The van der Waals surface area contributed by atoms with Gasteiger partial charge in [0.2, 0.25) is 5.91 Å². The Bertz CT molecular complexity index is 481. The van der Waals surface area contributed by atoms with Crippen molar-refractivity contribution in [3.63, 3.8) is 0 Å². The van der Waals surface area contributed by atoms with Crippen LogP contribution in [0.5, 0.6) is 0 Å². The first-order valence-electron chi connectivity index (χ1n) is 6.22. The van der Waals surface area contributed by atoms with Crippen LogP contribution in [0.25, 0.3) is 0 Å². The van der Waals surface area contributed by atoms with E-state index in [1.54, 1.807) is 18.5 Å². The Morgan fingerprint density at radius 1 is 1.37 bits per heavy atom. The van der Waals surface area contributed by atoms with Crippen molar-refractivity contribution in [2.45, 2.75) is 33.7 Å². The van der Waals surface area contributed by atoms with E-state index in [0.29, 0.717) is 6.54 Å². The molecule has 106 valence electrons. The maximum absolute atomic E-state index is 11.8. The molecule has 0 aliphatic heterocycles. The minimum Gasteiger partial charge on any atom is -0.371 e. The number of aromatic nitrogens is 2. The van der Waals surface area contributed by atoms with Crippen molar-refractivity contribution >= 4 is 17.6 Å². The minimum absolute atomic E-state index is 0.381. The van der Waals surface area contributed by atoms with Crippen LogP contribution in [0, 0.1) is 13.8 Å². The number of rotatable bonds is 4. The smallest absolute Gasteiger partial charge is 0.321 e. The second kappa shape index (κ2) is 6.21. The second-order valence-electron chi connectivity index (χ2n) is 4.38. The molecule has 0 saturated heterocycles. The lowest BCUT2D eigenvalue weighted by Crippen LogP contribution is -2.45. The monoisotopic (exact) mass is 267 g/mol. The highest BCUT2D eigenvalue weighted by Gasteiger charge is 2.18. The van der Waals surface area contributed by atoms with Gasteiger partial charge in [-0.3, -0.25) is 14.8 Å². The zero-order chi connectivity index (χ0) is 14.6. The van der Waals surface area contributed by atoms with Crippen LogP contribution in [0.3, 0.4) is 0 Å². The maximum Gasteiger partial charge on any atom is 0.321 e. The average molecular weight is 267 g/mol. The summed E-state index contributed by atoms with van der Waals surface area (Å²) < 4.78 is 1.74. The molecule has 0 aliphatic rings. The molecule has 7 heteroatoms. The molecule has 3 amide bonds. The van der Waals surface area contributed by atoms with Gasteiger partial charge >= 0.3 is 6.03 Å². The molecule has 1 rings (SSSR count). The van der Waals surface area contributed by atoms with Crippen molar-refractivity contribution in [1.29, 1.82) is 0 Å². The van der Waals surface area contributed by atoms with E-state index < -0.39 is 12.1 Å². The van der Waals surface area contributed by atoms with Gasteiger partial charge in [-0.2, -0.15) is 5.10 Å². The number of nitrogens with one attached hydrogen (secondary N) is 3. The van der Waals surface area contributed by atoms with Gasteiger partial charge < -0.3 is 10.6 Å². The van der Waals surface area contributed by atoms with Gasteiger partial charge in [-0.25, -0.2) is 4.79 Å². The first-order valence-corrected chi connectivity index (χ1v) is 6.22. The lowest BCUT2D eigenvalue weighted by atomic mass is 10.2. The van der Waals surface area contributed by atoms with Crippen molar-refractivity contribution in [3.05, 3.63) is 11.4 Å². The van der Waals surface area contributed by atoms with Crippen molar-refractivity contribution in [3.8, 4) is 0 Å². The molecule has 19 heavy (non-hydrogen) atoms. The number of carbonyl (C=O) groups excluding carboxylic acids is 2. The zero-order valence-electron chi connectivity index (χ0n) is 12.0. The van der Waals surface area contributed by atoms with Gasteiger partial charge in [0, 0.05) is 13.6 Å². The van der Waals surface area contributed by atoms with E-state index in [0.717, 1.165) is 17.1 Å². The third kappa shape index (κ3) is 3.70. The molecule has 1 heterocycles. The number of aryl methyl sites for hydroxylation is 2. The fourth-order valence-electron chi connectivity index (χ4n) is 1.69. The molecule has 1 aromatic heterocycles.